The molecule has 2 heterocycles. The summed E-state index contributed by atoms with van der Waals surface area (Å²) >= 11 is 0. The average molecular weight is 303 g/mol. The molecule has 0 bridgehead atoms. The van der Waals surface area contributed by atoms with Crippen LogP contribution in [0.4, 0.5) is 4.79 Å². The lowest BCUT2D eigenvalue weighted by Gasteiger charge is -2.34. The molecule has 1 atom stereocenters. The minimum atomic E-state index is -0.514. The third kappa shape index (κ3) is 4.35. The molecule has 0 spiro atoms. The molecule has 0 N–H and O–H groups in total. The Morgan fingerprint density at radius 1 is 1.50 bits per heavy atom. The zero-order valence-corrected chi connectivity index (χ0v) is 13.2. The van der Waals surface area contributed by atoms with Crippen LogP contribution in [0.2, 0.25) is 0 Å². The summed E-state index contributed by atoms with van der Waals surface area (Å²) in [5.41, 5.74) is -0.114. The van der Waals surface area contributed by atoms with Gasteiger partial charge in [0.25, 0.3) is 0 Å². The monoisotopic (exact) mass is 303 g/mol. The summed E-state index contributed by atoms with van der Waals surface area (Å²) in [6.07, 6.45) is 2.73. The van der Waals surface area contributed by atoms with Crippen molar-refractivity contribution in [1.29, 1.82) is 5.26 Å². The third-order valence-corrected chi connectivity index (χ3v) is 3.20. The Morgan fingerprint density at radius 3 is 2.95 bits per heavy atom. The van der Waals surface area contributed by atoms with Gasteiger partial charge in [-0.1, -0.05) is 0 Å². The van der Waals surface area contributed by atoms with Crippen molar-refractivity contribution in [2.45, 2.75) is 45.3 Å². The molecule has 6 heteroatoms. The van der Waals surface area contributed by atoms with E-state index in [1.54, 1.807) is 23.2 Å². The Morgan fingerprint density at radius 2 is 2.27 bits per heavy atom. The van der Waals surface area contributed by atoms with E-state index in [2.05, 4.69) is 11.1 Å². The Labute approximate surface area is 130 Å². The number of carbonyl (C=O) groups is 1. The van der Waals surface area contributed by atoms with Crippen molar-refractivity contribution in [3.8, 4) is 11.9 Å². The number of rotatable bonds is 2. The third-order valence-electron chi connectivity index (χ3n) is 3.20. The van der Waals surface area contributed by atoms with Crippen molar-refractivity contribution in [2.24, 2.45) is 0 Å². The van der Waals surface area contributed by atoms with E-state index < -0.39 is 5.60 Å². The minimum absolute atomic E-state index is 0.178. The Bertz CT molecular complexity index is 575. The summed E-state index contributed by atoms with van der Waals surface area (Å²) in [6, 6.07) is 5.41. The van der Waals surface area contributed by atoms with Crippen molar-refractivity contribution in [3.05, 3.63) is 23.9 Å². The van der Waals surface area contributed by atoms with Crippen molar-refractivity contribution in [1.82, 2.24) is 9.88 Å². The van der Waals surface area contributed by atoms with Gasteiger partial charge >= 0.3 is 6.09 Å². The van der Waals surface area contributed by atoms with Gasteiger partial charge in [-0.05, 0) is 45.7 Å². The molecule has 1 aromatic rings. The topological polar surface area (TPSA) is 75.4 Å². The number of hydrogen-bond donors (Lipinski definition) is 0. The second-order valence-electron chi connectivity index (χ2n) is 6.28. The van der Waals surface area contributed by atoms with Gasteiger partial charge in [-0.15, -0.1) is 0 Å². The van der Waals surface area contributed by atoms with E-state index in [0.717, 1.165) is 12.8 Å². The molecular weight excluding hydrogens is 282 g/mol. The van der Waals surface area contributed by atoms with Crippen LogP contribution in [0.15, 0.2) is 18.3 Å². The number of pyridine rings is 1. The molecule has 0 radical (unpaired) electrons. The second kappa shape index (κ2) is 6.65. The number of amides is 1. The number of likely N-dealkylation sites (tertiary alicyclic amines) is 1. The number of hydrogen-bond acceptors (Lipinski definition) is 5. The molecule has 1 saturated heterocycles. The quantitative estimate of drug-likeness (QED) is 0.839. The van der Waals surface area contributed by atoms with Crippen LogP contribution in [0.5, 0.6) is 5.88 Å². The number of carbonyl (C=O) groups excluding carboxylic acids is 1. The van der Waals surface area contributed by atoms with E-state index >= 15 is 0 Å². The van der Waals surface area contributed by atoms with Gasteiger partial charge in [0.1, 0.15) is 23.3 Å². The first kappa shape index (κ1) is 16.1. The van der Waals surface area contributed by atoms with Gasteiger partial charge in [0.2, 0.25) is 5.88 Å². The standard InChI is InChI=1S/C16H21N3O3/c1-16(2,3)22-15(20)19-9-5-7-13(11-19)21-14-12(10-17)6-4-8-18-14/h4,6,8,13H,5,7,9,11H2,1-3H3/t13-/m1/s1. The Hall–Kier alpha value is -2.29. The molecule has 1 fully saturated rings. The average Bonchev–Trinajstić information content (AvgIpc) is 2.46. The maximum absolute atomic E-state index is 12.1. The van der Waals surface area contributed by atoms with Crippen LogP contribution in [0, 0.1) is 11.3 Å². The highest BCUT2D eigenvalue weighted by Crippen LogP contribution is 2.21. The first-order valence-corrected chi connectivity index (χ1v) is 7.39. The van der Waals surface area contributed by atoms with E-state index in [4.69, 9.17) is 14.7 Å². The van der Waals surface area contributed by atoms with Crippen LogP contribution in [0.25, 0.3) is 0 Å². The zero-order valence-electron chi connectivity index (χ0n) is 13.2. The smallest absolute Gasteiger partial charge is 0.410 e. The molecule has 0 unspecified atom stereocenters. The molecule has 6 nitrogen and oxygen atoms in total. The van der Waals surface area contributed by atoms with E-state index in [9.17, 15) is 4.79 Å². The largest absolute Gasteiger partial charge is 0.472 e. The predicted molar refractivity (Wildman–Crippen MR) is 80.4 cm³/mol. The van der Waals surface area contributed by atoms with Gasteiger partial charge in [0.05, 0.1) is 6.54 Å². The first-order chi connectivity index (χ1) is 10.4. The zero-order chi connectivity index (χ0) is 16.2. The maximum atomic E-state index is 12.1. The molecule has 0 aromatic carbocycles. The minimum Gasteiger partial charge on any atom is -0.472 e. The fourth-order valence-corrected chi connectivity index (χ4v) is 2.25. The lowest BCUT2D eigenvalue weighted by Crippen LogP contribution is -2.46. The molecule has 22 heavy (non-hydrogen) atoms. The van der Waals surface area contributed by atoms with Crippen LogP contribution < -0.4 is 4.74 Å². The molecule has 1 aliphatic rings. The van der Waals surface area contributed by atoms with Gasteiger partial charge in [-0.2, -0.15) is 5.26 Å². The van der Waals surface area contributed by atoms with Crippen LogP contribution in [0.3, 0.4) is 0 Å². The van der Waals surface area contributed by atoms with E-state index in [1.807, 2.05) is 20.8 Å². The summed E-state index contributed by atoms with van der Waals surface area (Å²) in [5.74, 6) is 0.320. The number of nitrogens with zero attached hydrogens (tertiary/aromatic N) is 3. The predicted octanol–water partition coefficient (Wildman–Crippen LogP) is 2.73. The number of piperidine rings is 1. The van der Waals surface area contributed by atoms with Crippen LogP contribution >= 0.6 is 0 Å². The summed E-state index contributed by atoms with van der Waals surface area (Å²) < 4.78 is 11.2. The molecular formula is C16H21N3O3. The van der Waals surface area contributed by atoms with E-state index in [-0.39, 0.29) is 12.2 Å². The fraction of sp³-hybridized carbons (Fsp3) is 0.562. The maximum Gasteiger partial charge on any atom is 0.410 e. The van der Waals surface area contributed by atoms with Crippen molar-refractivity contribution in [2.75, 3.05) is 13.1 Å². The lowest BCUT2D eigenvalue weighted by molar-refractivity contribution is 0.00719. The molecule has 1 aromatic heterocycles. The molecule has 0 saturated carbocycles. The van der Waals surface area contributed by atoms with Crippen LogP contribution in [0.1, 0.15) is 39.2 Å². The van der Waals surface area contributed by atoms with Gasteiger partial charge in [0.15, 0.2) is 0 Å². The molecule has 0 aliphatic carbocycles. The SMILES string of the molecule is CC(C)(C)OC(=O)N1CCC[C@@H](Oc2ncccc2C#N)C1. The number of nitriles is 1. The molecule has 1 aliphatic heterocycles. The molecule has 118 valence electrons. The number of aromatic nitrogens is 1. The Balaban J connectivity index is 1.99. The first-order valence-electron chi connectivity index (χ1n) is 7.39. The highest BCUT2D eigenvalue weighted by Gasteiger charge is 2.29. The summed E-state index contributed by atoms with van der Waals surface area (Å²) in [6.45, 7) is 6.63. The second-order valence-corrected chi connectivity index (χ2v) is 6.28. The number of ether oxygens (including phenoxy) is 2. The summed E-state index contributed by atoms with van der Waals surface area (Å²) in [7, 11) is 0. The molecule has 2 rings (SSSR count). The van der Waals surface area contributed by atoms with E-state index in [0.29, 0.717) is 24.5 Å². The lowest BCUT2D eigenvalue weighted by atomic mass is 10.1. The van der Waals surface area contributed by atoms with Gasteiger partial charge < -0.3 is 14.4 Å². The summed E-state index contributed by atoms with van der Waals surface area (Å²) in [4.78, 5) is 17.9. The van der Waals surface area contributed by atoms with Crippen molar-refractivity contribution < 1.29 is 14.3 Å². The van der Waals surface area contributed by atoms with Gasteiger partial charge in [-0.3, -0.25) is 0 Å². The van der Waals surface area contributed by atoms with Crippen molar-refractivity contribution in [3.63, 3.8) is 0 Å². The van der Waals surface area contributed by atoms with Gasteiger partial charge in [0, 0.05) is 12.7 Å². The van der Waals surface area contributed by atoms with E-state index in [1.165, 1.54) is 0 Å². The normalized spacial score (nSPS) is 18.5. The molecule has 1 amide bonds. The van der Waals surface area contributed by atoms with Crippen LogP contribution in [-0.2, 0) is 4.74 Å². The summed E-state index contributed by atoms with van der Waals surface area (Å²) in [5, 5.41) is 9.06. The van der Waals surface area contributed by atoms with Crippen molar-refractivity contribution >= 4 is 6.09 Å². The highest BCUT2D eigenvalue weighted by atomic mass is 16.6. The van der Waals surface area contributed by atoms with Gasteiger partial charge in [-0.25, -0.2) is 9.78 Å². The highest BCUT2D eigenvalue weighted by molar-refractivity contribution is 5.68. The fourth-order valence-electron chi connectivity index (χ4n) is 2.25. The Kier molecular flexibility index (Phi) is 4.86. The van der Waals surface area contributed by atoms with Crippen LogP contribution in [-0.4, -0.2) is 40.8 Å².